The van der Waals surface area contributed by atoms with Gasteiger partial charge in [-0.2, -0.15) is 0 Å². The molecule has 174 valence electrons. The van der Waals surface area contributed by atoms with Crippen LogP contribution in [0.3, 0.4) is 0 Å². The molecule has 0 saturated carbocycles. The molecule has 1 unspecified atom stereocenters. The first-order valence-corrected chi connectivity index (χ1v) is 11.0. The number of halogens is 2. The summed E-state index contributed by atoms with van der Waals surface area (Å²) in [4.78, 5) is 26.6. The van der Waals surface area contributed by atoms with Gasteiger partial charge in [-0.05, 0) is 63.0 Å². The van der Waals surface area contributed by atoms with Crippen LogP contribution in [-0.4, -0.2) is 46.8 Å². The standard InChI is InChI=1S/C25H26F2N2O4/c1-28-11-3-5-18(28)15-33-19-9-10-20-22(13-19)29(14-24(31)32)17(12-23(20)30)8-7-16-4-2-6-21(26)25(16)27/h2,4,6,9-10,12-13,18H,3,5,7-8,11,14-15H2,1H3,(H,31,32). The molecule has 4 rings (SSSR count). The maximum atomic E-state index is 14.1. The van der Waals surface area contributed by atoms with E-state index < -0.39 is 17.6 Å². The van der Waals surface area contributed by atoms with E-state index in [1.54, 1.807) is 18.2 Å². The highest BCUT2D eigenvalue weighted by Gasteiger charge is 2.21. The van der Waals surface area contributed by atoms with Crippen molar-refractivity contribution in [2.24, 2.45) is 0 Å². The first-order valence-electron chi connectivity index (χ1n) is 11.0. The fraction of sp³-hybridized carbons (Fsp3) is 0.360. The number of carboxylic acid groups (broad SMARTS) is 1. The van der Waals surface area contributed by atoms with Crippen LogP contribution >= 0.6 is 0 Å². The van der Waals surface area contributed by atoms with Crippen LogP contribution < -0.4 is 10.2 Å². The number of nitrogens with zero attached hydrogens (tertiary/aromatic N) is 2. The number of hydrogen-bond acceptors (Lipinski definition) is 4. The summed E-state index contributed by atoms with van der Waals surface area (Å²) < 4.78 is 35.1. The van der Waals surface area contributed by atoms with E-state index in [9.17, 15) is 23.5 Å². The number of carbonyl (C=O) groups is 1. The molecule has 2 aromatic carbocycles. The Labute approximate surface area is 190 Å². The minimum atomic E-state index is -1.07. The first-order chi connectivity index (χ1) is 15.8. The van der Waals surface area contributed by atoms with Crippen molar-refractivity contribution in [2.75, 3.05) is 20.2 Å². The van der Waals surface area contributed by atoms with Gasteiger partial charge in [0.1, 0.15) is 18.9 Å². The summed E-state index contributed by atoms with van der Waals surface area (Å²) in [5.41, 5.74) is 0.786. The molecule has 3 aromatic rings. The van der Waals surface area contributed by atoms with Crippen molar-refractivity contribution in [1.82, 2.24) is 9.47 Å². The molecule has 2 heterocycles. The van der Waals surface area contributed by atoms with E-state index in [2.05, 4.69) is 11.9 Å². The van der Waals surface area contributed by atoms with Gasteiger partial charge in [-0.1, -0.05) is 12.1 Å². The average molecular weight is 456 g/mol. The normalized spacial score (nSPS) is 16.4. The van der Waals surface area contributed by atoms with E-state index >= 15 is 0 Å². The van der Waals surface area contributed by atoms with E-state index in [4.69, 9.17) is 4.74 Å². The number of likely N-dealkylation sites (tertiary alicyclic amines) is 1. The lowest BCUT2D eigenvalue weighted by Crippen LogP contribution is -2.30. The Hall–Kier alpha value is -3.26. The Morgan fingerprint density at radius 2 is 2.00 bits per heavy atom. The molecule has 1 saturated heterocycles. The molecule has 1 N–H and O–H groups in total. The molecule has 1 fully saturated rings. The largest absolute Gasteiger partial charge is 0.492 e. The molecule has 0 amide bonds. The predicted octanol–water partition coefficient (Wildman–Crippen LogP) is 3.62. The smallest absolute Gasteiger partial charge is 0.323 e. The second kappa shape index (κ2) is 9.70. The summed E-state index contributed by atoms with van der Waals surface area (Å²) in [6.45, 7) is 1.16. The van der Waals surface area contributed by atoms with Crippen LogP contribution in [0.15, 0.2) is 47.3 Å². The van der Waals surface area contributed by atoms with Crippen LogP contribution in [0.25, 0.3) is 10.9 Å². The minimum absolute atomic E-state index is 0.123. The number of aromatic nitrogens is 1. The zero-order chi connectivity index (χ0) is 23.5. The molecule has 1 atom stereocenters. The third-order valence-electron chi connectivity index (χ3n) is 6.26. The van der Waals surface area contributed by atoms with Gasteiger partial charge in [-0.3, -0.25) is 9.59 Å². The molecule has 0 aliphatic carbocycles. The second-order valence-electron chi connectivity index (χ2n) is 8.46. The Morgan fingerprint density at radius 3 is 2.73 bits per heavy atom. The molecule has 0 bridgehead atoms. The first kappa shape index (κ1) is 22.9. The SMILES string of the molecule is CN1CCCC1COc1ccc2c(=O)cc(CCc3cccc(F)c3F)n(CC(=O)O)c2c1. The lowest BCUT2D eigenvalue weighted by Gasteiger charge is -2.20. The van der Waals surface area contributed by atoms with Crippen molar-refractivity contribution >= 4 is 16.9 Å². The van der Waals surface area contributed by atoms with Crippen LogP contribution in [0, 0.1) is 11.6 Å². The fourth-order valence-corrected chi connectivity index (χ4v) is 4.41. The highest BCUT2D eigenvalue weighted by molar-refractivity contribution is 5.82. The molecular weight excluding hydrogens is 430 g/mol. The van der Waals surface area contributed by atoms with E-state index in [0.29, 0.717) is 35.0 Å². The summed E-state index contributed by atoms with van der Waals surface area (Å²) in [5, 5.41) is 9.86. The zero-order valence-corrected chi connectivity index (χ0v) is 18.4. The van der Waals surface area contributed by atoms with Gasteiger partial charge in [-0.25, -0.2) is 8.78 Å². The molecule has 1 aromatic heterocycles. The number of ether oxygens (including phenoxy) is 1. The molecule has 0 radical (unpaired) electrons. The second-order valence-corrected chi connectivity index (χ2v) is 8.46. The minimum Gasteiger partial charge on any atom is -0.492 e. The molecule has 1 aliphatic heterocycles. The maximum absolute atomic E-state index is 14.1. The Kier molecular flexibility index (Phi) is 6.74. The van der Waals surface area contributed by atoms with Crippen LogP contribution in [0.1, 0.15) is 24.1 Å². The highest BCUT2D eigenvalue weighted by Crippen LogP contribution is 2.23. The summed E-state index contributed by atoms with van der Waals surface area (Å²) in [6.07, 6.45) is 2.47. The van der Waals surface area contributed by atoms with Crippen molar-refractivity contribution in [2.45, 2.75) is 38.3 Å². The van der Waals surface area contributed by atoms with Gasteiger partial charge in [0.05, 0.1) is 5.52 Å². The monoisotopic (exact) mass is 456 g/mol. The summed E-state index contributed by atoms with van der Waals surface area (Å²) >= 11 is 0. The summed E-state index contributed by atoms with van der Waals surface area (Å²) in [6, 6.07) is 10.7. The van der Waals surface area contributed by atoms with Crippen molar-refractivity contribution in [3.63, 3.8) is 0 Å². The number of pyridine rings is 1. The van der Waals surface area contributed by atoms with Gasteiger partial charge in [0.25, 0.3) is 0 Å². The number of fused-ring (bicyclic) bond motifs is 1. The van der Waals surface area contributed by atoms with E-state index in [1.807, 2.05) is 0 Å². The molecule has 0 spiro atoms. The lowest BCUT2D eigenvalue weighted by atomic mass is 10.0. The number of carboxylic acids is 1. The number of aliphatic carboxylic acids is 1. The lowest BCUT2D eigenvalue weighted by molar-refractivity contribution is -0.137. The zero-order valence-electron chi connectivity index (χ0n) is 18.4. The Bertz CT molecular complexity index is 1240. The summed E-state index contributed by atoms with van der Waals surface area (Å²) in [5.74, 6) is -2.40. The van der Waals surface area contributed by atoms with Gasteiger partial charge >= 0.3 is 5.97 Å². The third kappa shape index (κ3) is 5.06. The number of aryl methyl sites for hydroxylation is 2. The number of benzene rings is 2. The molecule has 1 aliphatic rings. The Morgan fingerprint density at radius 1 is 1.18 bits per heavy atom. The average Bonchev–Trinajstić information content (AvgIpc) is 3.20. The van der Waals surface area contributed by atoms with Crippen molar-refractivity contribution in [3.05, 3.63) is 75.6 Å². The van der Waals surface area contributed by atoms with Gasteiger partial charge in [0.15, 0.2) is 17.1 Å². The number of rotatable bonds is 8. The predicted molar refractivity (Wildman–Crippen MR) is 121 cm³/mol. The molecule has 6 nitrogen and oxygen atoms in total. The molecule has 33 heavy (non-hydrogen) atoms. The van der Waals surface area contributed by atoms with Crippen molar-refractivity contribution in [3.8, 4) is 5.75 Å². The number of hydrogen-bond donors (Lipinski definition) is 1. The highest BCUT2D eigenvalue weighted by atomic mass is 19.2. The van der Waals surface area contributed by atoms with E-state index in [-0.39, 0.29) is 30.4 Å². The van der Waals surface area contributed by atoms with Crippen LogP contribution in [0.5, 0.6) is 5.75 Å². The van der Waals surface area contributed by atoms with Crippen LogP contribution in [0.4, 0.5) is 8.78 Å². The van der Waals surface area contributed by atoms with Crippen molar-refractivity contribution in [1.29, 1.82) is 0 Å². The quantitative estimate of drug-likeness (QED) is 0.561. The number of likely N-dealkylation sites (N-methyl/N-ethyl adjacent to an activating group) is 1. The molecular formula is C25H26F2N2O4. The van der Waals surface area contributed by atoms with Crippen LogP contribution in [0.2, 0.25) is 0 Å². The molecule has 8 heteroatoms. The van der Waals surface area contributed by atoms with Gasteiger partial charge in [0, 0.05) is 29.3 Å². The van der Waals surface area contributed by atoms with E-state index in [0.717, 1.165) is 25.5 Å². The summed E-state index contributed by atoms with van der Waals surface area (Å²) in [7, 11) is 2.06. The maximum Gasteiger partial charge on any atom is 0.323 e. The van der Waals surface area contributed by atoms with Crippen molar-refractivity contribution < 1.29 is 23.4 Å². The topological polar surface area (TPSA) is 71.8 Å². The van der Waals surface area contributed by atoms with Crippen LogP contribution in [-0.2, 0) is 24.2 Å². The van der Waals surface area contributed by atoms with Gasteiger partial charge in [0.2, 0.25) is 0 Å². The van der Waals surface area contributed by atoms with E-state index in [1.165, 1.54) is 22.8 Å². The van der Waals surface area contributed by atoms with Gasteiger partial charge in [-0.15, -0.1) is 0 Å². The fourth-order valence-electron chi connectivity index (χ4n) is 4.41. The Balaban J connectivity index is 1.67. The van der Waals surface area contributed by atoms with Gasteiger partial charge < -0.3 is 19.3 Å². The third-order valence-corrected chi connectivity index (χ3v) is 6.26.